The van der Waals surface area contributed by atoms with Gasteiger partial charge in [0.1, 0.15) is 5.56 Å². The number of tetrazole rings is 1. The Kier molecular flexibility index (Phi) is 2.07. The van der Waals surface area contributed by atoms with Crippen molar-refractivity contribution in [2.75, 3.05) is 0 Å². The smallest absolute Gasteiger partial charge is 0.339 e. The normalized spacial score (nSPS) is 11.2. The summed E-state index contributed by atoms with van der Waals surface area (Å²) in [5.74, 6) is -1.03. The van der Waals surface area contributed by atoms with Gasteiger partial charge in [0.15, 0.2) is 5.65 Å². The van der Waals surface area contributed by atoms with Gasteiger partial charge in [-0.05, 0) is 42.0 Å². The van der Waals surface area contributed by atoms with E-state index in [1.807, 2.05) is 26.0 Å². The summed E-state index contributed by atoms with van der Waals surface area (Å²) >= 11 is 0. The first-order valence-corrected chi connectivity index (χ1v) is 5.43. The summed E-state index contributed by atoms with van der Waals surface area (Å²) in [5.41, 5.74) is 3.30. The van der Waals surface area contributed by atoms with E-state index >= 15 is 0 Å². The van der Waals surface area contributed by atoms with Crippen molar-refractivity contribution in [3.8, 4) is 0 Å². The van der Waals surface area contributed by atoms with Crippen molar-refractivity contribution >= 4 is 22.5 Å². The van der Waals surface area contributed by atoms with Crippen LogP contribution >= 0.6 is 0 Å². The lowest BCUT2D eigenvalue weighted by Crippen LogP contribution is -2.03. The molecule has 0 spiro atoms. The first-order valence-electron chi connectivity index (χ1n) is 5.43. The second-order valence-electron chi connectivity index (χ2n) is 4.30. The minimum Gasteiger partial charge on any atom is -0.478 e. The molecule has 0 aliphatic rings. The minimum atomic E-state index is -1.03. The zero-order valence-electron chi connectivity index (χ0n) is 9.88. The third-order valence-electron chi connectivity index (χ3n) is 2.93. The predicted molar refractivity (Wildman–Crippen MR) is 64.7 cm³/mol. The Labute approximate surface area is 102 Å². The van der Waals surface area contributed by atoms with Gasteiger partial charge in [-0.2, -0.15) is 4.52 Å². The first kappa shape index (κ1) is 10.6. The number of benzene rings is 1. The number of carboxylic acids is 1. The number of hydrogen-bond donors (Lipinski definition) is 1. The number of fused-ring (bicyclic) bond motifs is 3. The van der Waals surface area contributed by atoms with Gasteiger partial charge in [-0.15, -0.1) is 5.10 Å². The SMILES string of the molecule is Cc1cc(C)c2c(c1)cc(C(=O)O)c1nnnn12. The lowest BCUT2D eigenvalue weighted by molar-refractivity contribution is 0.0698. The van der Waals surface area contributed by atoms with Crippen molar-refractivity contribution in [2.24, 2.45) is 0 Å². The second kappa shape index (κ2) is 3.49. The number of pyridine rings is 1. The zero-order valence-corrected chi connectivity index (χ0v) is 9.88. The number of aryl methyl sites for hydroxylation is 2. The summed E-state index contributed by atoms with van der Waals surface area (Å²) in [4.78, 5) is 11.2. The van der Waals surface area contributed by atoms with Crippen molar-refractivity contribution in [2.45, 2.75) is 13.8 Å². The van der Waals surface area contributed by atoms with Gasteiger partial charge in [-0.3, -0.25) is 0 Å². The average Bonchev–Trinajstić information content (AvgIpc) is 2.75. The van der Waals surface area contributed by atoms with Crippen LogP contribution < -0.4 is 0 Å². The summed E-state index contributed by atoms with van der Waals surface area (Å²) in [6.07, 6.45) is 0. The monoisotopic (exact) mass is 242 g/mol. The van der Waals surface area contributed by atoms with Gasteiger partial charge < -0.3 is 5.11 Å². The molecule has 0 atom stereocenters. The van der Waals surface area contributed by atoms with Crippen molar-refractivity contribution in [3.63, 3.8) is 0 Å². The van der Waals surface area contributed by atoms with Gasteiger partial charge in [-0.25, -0.2) is 4.79 Å². The lowest BCUT2D eigenvalue weighted by Gasteiger charge is -2.07. The van der Waals surface area contributed by atoms with Crippen molar-refractivity contribution in [3.05, 3.63) is 34.9 Å². The maximum absolute atomic E-state index is 11.2. The first-order chi connectivity index (χ1) is 8.58. The summed E-state index contributed by atoms with van der Waals surface area (Å²) in [6.45, 7) is 3.92. The molecule has 0 aliphatic carbocycles. The second-order valence-corrected chi connectivity index (χ2v) is 4.30. The molecule has 0 radical (unpaired) electrons. The number of carbonyl (C=O) groups is 1. The fraction of sp³-hybridized carbons (Fsp3) is 0.167. The molecular weight excluding hydrogens is 232 g/mol. The molecule has 0 bridgehead atoms. The van der Waals surface area contributed by atoms with Crippen LogP contribution in [0.1, 0.15) is 21.5 Å². The Bertz CT molecular complexity index is 791. The predicted octanol–water partition coefficient (Wildman–Crippen LogP) is 1.59. The van der Waals surface area contributed by atoms with Crippen LogP contribution in [-0.4, -0.2) is 31.1 Å². The van der Waals surface area contributed by atoms with Crippen LogP contribution in [0.3, 0.4) is 0 Å². The highest BCUT2D eigenvalue weighted by Crippen LogP contribution is 2.23. The number of carboxylic acid groups (broad SMARTS) is 1. The molecule has 0 amide bonds. The number of hydrogen-bond acceptors (Lipinski definition) is 4. The van der Waals surface area contributed by atoms with E-state index in [2.05, 4.69) is 15.5 Å². The van der Waals surface area contributed by atoms with Gasteiger partial charge in [0.2, 0.25) is 0 Å². The van der Waals surface area contributed by atoms with Gasteiger partial charge in [0.25, 0.3) is 0 Å². The molecule has 3 rings (SSSR count). The molecule has 18 heavy (non-hydrogen) atoms. The molecule has 3 aromatic rings. The van der Waals surface area contributed by atoms with Gasteiger partial charge in [0, 0.05) is 5.39 Å². The van der Waals surface area contributed by atoms with E-state index < -0.39 is 5.97 Å². The van der Waals surface area contributed by atoms with Crippen LogP contribution in [0.4, 0.5) is 0 Å². The Morgan fingerprint density at radius 2 is 2.06 bits per heavy atom. The van der Waals surface area contributed by atoms with E-state index in [0.717, 1.165) is 22.0 Å². The van der Waals surface area contributed by atoms with Gasteiger partial charge >= 0.3 is 5.97 Å². The summed E-state index contributed by atoms with van der Waals surface area (Å²) in [5, 5.41) is 21.2. The van der Waals surface area contributed by atoms with Crippen molar-refractivity contribution in [1.82, 2.24) is 20.0 Å². The Hall–Kier alpha value is -2.50. The maximum Gasteiger partial charge on any atom is 0.339 e. The molecule has 2 aromatic heterocycles. The fourth-order valence-electron chi connectivity index (χ4n) is 2.28. The summed E-state index contributed by atoms with van der Waals surface area (Å²) < 4.78 is 1.48. The number of nitrogens with zero attached hydrogens (tertiary/aromatic N) is 4. The molecular formula is C12H10N4O2. The van der Waals surface area contributed by atoms with Gasteiger partial charge in [0.05, 0.1) is 5.52 Å². The van der Waals surface area contributed by atoms with E-state index in [-0.39, 0.29) is 11.2 Å². The number of rotatable bonds is 1. The summed E-state index contributed by atoms with van der Waals surface area (Å²) in [6, 6.07) is 5.56. The van der Waals surface area contributed by atoms with Gasteiger partial charge in [-0.1, -0.05) is 11.6 Å². The molecule has 0 saturated carbocycles. The molecule has 2 heterocycles. The van der Waals surface area contributed by atoms with E-state index in [0.29, 0.717) is 0 Å². The topological polar surface area (TPSA) is 80.4 Å². The standard InChI is InChI=1S/C12H10N4O2/c1-6-3-7(2)10-8(4-6)5-9(12(17)18)11-13-14-15-16(10)11/h3-5H,1-2H3,(H,17,18). The van der Waals surface area contributed by atoms with Crippen LogP contribution in [0.15, 0.2) is 18.2 Å². The highest BCUT2D eigenvalue weighted by molar-refractivity contribution is 6.00. The molecule has 0 saturated heterocycles. The number of aromatic carboxylic acids is 1. The molecule has 1 N–H and O–H groups in total. The Morgan fingerprint density at radius 1 is 1.28 bits per heavy atom. The third-order valence-corrected chi connectivity index (χ3v) is 2.93. The van der Waals surface area contributed by atoms with E-state index in [4.69, 9.17) is 0 Å². The molecule has 0 fully saturated rings. The van der Waals surface area contributed by atoms with Crippen LogP contribution in [0.5, 0.6) is 0 Å². The van der Waals surface area contributed by atoms with Crippen LogP contribution in [-0.2, 0) is 0 Å². The number of aromatic nitrogens is 4. The van der Waals surface area contributed by atoms with E-state index in [1.165, 1.54) is 4.52 Å². The molecule has 6 nitrogen and oxygen atoms in total. The Balaban J connectivity index is 2.59. The van der Waals surface area contributed by atoms with E-state index in [9.17, 15) is 9.90 Å². The maximum atomic E-state index is 11.2. The largest absolute Gasteiger partial charge is 0.478 e. The molecule has 6 heteroatoms. The zero-order chi connectivity index (χ0) is 12.9. The van der Waals surface area contributed by atoms with Crippen LogP contribution in [0, 0.1) is 13.8 Å². The molecule has 0 aliphatic heterocycles. The molecule has 0 unspecified atom stereocenters. The molecule has 1 aromatic carbocycles. The summed E-state index contributed by atoms with van der Waals surface area (Å²) in [7, 11) is 0. The molecule has 90 valence electrons. The quantitative estimate of drug-likeness (QED) is 0.700. The van der Waals surface area contributed by atoms with Crippen LogP contribution in [0.2, 0.25) is 0 Å². The lowest BCUT2D eigenvalue weighted by atomic mass is 10.1. The van der Waals surface area contributed by atoms with Crippen molar-refractivity contribution < 1.29 is 9.90 Å². The Morgan fingerprint density at radius 3 is 2.78 bits per heavy atom. The fourth-order valence-corrected chi connectivity index (χ4v) is 2.28. The average molecular weight is 242 g/mol. The third kappa shape index (κ3) is 1.35. The minimum absolute atomic E-state index is 0.109. The van der Waals surface area contributed by atoms with Crippen molar-refractivity contribution in [1.29, 1.82) is 0 Å². The van der Waals surface area contributed by atoms with E-state index in [1.54, 1.807) is 6.07 Å². The van der Waals surface area contributed by atoms with Crippen LogP contribution in [0.25, 0.3) is 16.6 Å². The highest BCUT2D eigenvalue weighted by atomic mass is 16.4. The highest BCUT2D eigenvalue weighted by Gasteiger charge is 2.16.